The zero-order valence-electron chi connectivity index (χ0n) is 17.6. The summed E-state index contributed by atoms with van der Waals surface area (Å²) in [5.41, 5.74) is 1.20. The third-order valence-electron chi connectivity index (χ3n) is 5.84. The average Bonchev–Trinajstić information content (AvgIpc) is 3.53. The standard InChI is InChI=1S/C21H29N5O3S/c1-28-18-11-7-15(13-19(18)29-2)6-8-16-5-3-4-12-25(16)20(27)14-30-21-22-23-24-26(21)17-9-10-17/h7,11,13,16-17H,3-6,8-10,12,14H2,1-2H3. The van der Waals surface area contributed by atoms with Crippen LogP contribution in [0.25, 0.3) is 0 Å². The van der Waals surface area contributed by atoms with Crippen LogP contribution in [0.3, 0.4) is 0 Å². The maximum Gasteiger partial charge on any atom is 0.233 e. The zero-order valence-corrected chi connectivity index (χ0v) is 18.4. The molecule has 0 N–H and O–H groups in total. The summed E-state index contributed by atoms with van der Waals surface area (Å²) in [7, 11) is 3.30. The molecule has 8 nitrogen and oxygen atoms in total. The van der Waals surface area contributed by atoms with E-state index in [0.717, 1.165) is 61.7 Å². The summed E-state index contributed by atoms with van der Waals surface area (Å²) in [5.74, 6) is 2.06. The van der Waals surface area contributed by atoms with Gasteiger partial charge in [0.15, 0.2) is 11.5 Å². The number of benzene rings is 1. The number of aryl methyl sites for hydroxylation is 1. The van der Waals surface area contributed by atoms with Crippen molar-refractivity contribution in [3.8, 4) is 11.5 Å². The Balaban J connectivity index is 1.34. The van der Waals surface area contributed by atoms with Gasteiger partial charge in [0.2, 0.25) is 11.1 Å². The summed E-state index contributed by atoms with van der Waals surface area (Å²) in [4.78, 5) is 15.1. The van der Waals surface area contributed by atoms with Gasteiger partial charge in [-0.05, 0) is 73.1 Å². The van der Waals surface area contributed by atoms with Gasteiger partial charge in [0.1, 0.15) is 0 Å². The lowest BCUT2D eigenvalue weighted by Crippen LogP contribution is -2.44. The second-order valence-electron chi connectivity index (χ2n) is 7.89. The first-order chi connectivity index (χ1) is 14.7. The minimum absolute atomic E-state index is 0.183. The second-order valence-corrected chi connectivity index (χ2v) is 8.83. The lowest BCUT2D eigenvalue weighted by Gasteiger charge is -2.36. The van der Waals surface area contributed by atoms with Crippen molar-refractivity contribution in [3.05, 3.63) is 23.8 Å². The van der Waals surface area contributed by atoms with Crippen LogP contribution in [0, 0.1) is 0 Å². The fourth-order valence-corrected chi connectivity index (χ4v) is 4.87. The molecule has 1 unspecified atom stereocenters. The highest BCUT2D eigenvalue weighted by atomic mass is 32.2. The largest absolute Gasteiger partial charge is 0.493 e. The monoisotopic (exact) mass is 431 g/mol. The Labute approximate surface area is 181 Å². The predicted molar refractivity (Wildman–Crippen MR) is 114 cm³/mol. The molecule has 1 saturated carbocycles. The molecule has 0 radical (unpaired) electrons. The summed E-state index contributed by atoms with van der Waals surface area (Å²) in [6.07, 6.45) is 7.40. The molecule has 2 fully saturated rings. The lowest BCUT2D eigenvalue weighted by molar-refractivity contribution is -0.132. The van der Waals surface area contributed by atoms with Crippen LogP contribution < -0.4 is 9.47 Å². The molecule has 9 heteroatoms. The minimum atomic E-state index is 0.183. The third-order valence-corrected chi connectivity index (χ3v) is 6.76. The summed E-state index contributed by atoms with van der Waals surface area (Å²) in [5, 5.41) is 12.7. The molecule has 2 aromatic rings. The fraction of sp³-hybridized carbons (Fsp3) is 0.619. The van der Waals surface area contributed by atoms with E-state index >= 15 is 0 Å². The number of tetrazole rings is 1. The number of hydrogen-bond acceptors (Lipinski definition) is 7. The van der Waals surface area contributed by atoms with E-state index in [-0.39, 0.29) is 11.9 Å². The molecule has 1 aromatic heterocycles. The summed E-state index contributed by atoms with van der Waals surface area (Å²) in [6.45, 7) is 0.837. The van der Waals surface area contributed by atoms with E-state index in [1.54, 1.807) is 14.2 Å². The molecule has 4 rings (SSSR count). The molecule has 1 saturated heterocycles. The average molecular weight is 432 g/mol. The van der Waals surface area contributed by atoms with Gasteiger partial charge in [-0.25, -0.2) is 4.68 Å². The van der Waals surface area contributed by atoms with Crippen LogP contribution >= 0.6 is 11.8 Å². The zero-order chi connectivity index (χ0) is 20.9. The number of amides is 1. The van der Waals surface area contributed by atoms with Crippen molar-refractivity contribution in [3.63, 3.8) is 0 Å². The van der Waals surface area contributed by atoms with Gasteiger partial charge in [-0.3, -0.25) is 4.79 Å². The highest BCUT2D eigenvalue weighted by molar-refractivity contribution is 7.99. The SMILES string of the molecule is COc1ccc(CCC2CCCCN2C(=O)CSc2nnnn2C2CC2)cc1OC. The Hall–Kier alpha value is -2.29. The summed E-state index contributed by atoms with van der Waals surface area (Å²) < 4.78 is 12.6. The molecule has 1 atom stereocenters. The number of methoxy groups -OCH3 is 2. The van der Waals surface area contributed by atoms with Crippen LogP contribution in [0.5, 0.6) is 11.5 Å². The van der Waals surface area contributed by atoms with Crippen molar-refractivity contribution in [1.82, 2.24) is 25.1 Å². The Morgan fingerprint density at radius 2 is 2.00 bits per heavy atom. The van der Waals surface area contributed by atoms with Crippen LogP contribution in [0.15, 0.2) is 23.4 Å². The van der Waals surface area contributed by atoms with Gasteiger partial charge in [0.05, 0.1) is 26.0 Å². The number of piperidine rings is 1. The molecular weight excluding hydrogens is 402 g/mol. The van der Waals surface area contributed by atoms with Gasteiger partial charge in [-0.2, -0.15) is 0 Å². The first kappa shape index (κ1) is 21.0. The lowest BCUT2D eigenvalue weighted by atomic mass is 9.95. The Kier molecular flexibility index (Phi) is 6.76. The molecule has 1 aliphatic carbocycles. The molecule has 1 amide bonds. The van der Waals surface area contributed by atoms with Gasteiger partial charge in [-0.1, -0.05) is 17.8 Å². The highest BCUT2D eigenvalue weighted by Crippen LogP contribution is 2.36. The number of rotatable bonds is 9. The molecule has 162 valence electrons. The molecule has 0 bridgehead atoms. The van der Waals surface area contributed by atoms with Crippen molar-refractivity contribution in [2.75, 3.05) is 26.5 Å². The molecule has 1 aromatic carbocycles. The number of aromatic nitrogens is 4. The summed E-state index contributed by atoms with van der Waals surface area (Å²) >= 11 is 1.45. The number of ether oxygens (including phenoxy) is 2. The van der Waals surface area contributed by atoms with Gasteiger partial charge in [-0.15, -0.1) is 5.10 Å². The van der Waals surface area contributed by atoms with Gasteiger partial charge in [0, 0.05) is 12.6 Å². The van der Waals surface area contributed by atoms with Crippen LogP contribution in [0.1, 0.15) is 50.1 Å². The smallest absolute Gasteiger partial charge is 0.233 e. The Morgan fingerprint density at radius 3 is 2.77 bits per heavy atom. The first-order valence-electron chi connectivity index (χ1n) is 10.6. The molecule has 30 heavy (non-hydrogen) atoms. The maximum atomic E-state index is 13.0. The minimum Gasteiger partial charge on any atom is -0.493 e. The molecular formula is C21H29N5O3S. The van der Waals surface area contributed by atoms with E-state index in [9.17, 15) is 4.79 Å². The van der Waals surface area contributed by atoms with Crippen molar-refractivity contribution in [2.24, 2.45) is 0 Å². The van der Waals surface area contributed by atoms with Crippen molar-refractivity contribution in [1.29, 1.82) is 0 Å². The second kappa shape index (κ2) is 9.68. The van der Waals surface area contributed by atoms with Gasteiger partial charge in [0.25, 0.3) is 0 Å². The highest BCUT2D eigenvalue weighted by Gasteiger charge is 2.30. The Morgan fingerprint density at radius 1 is 1.17 bits per heavy atom. The topological polar surface area (TPSA) is 82.4 Å². The summed E-state index contributed by atoms with van der Waals surface area (Å²) in [6, 6.07) is 6.74. The number of likely N-dealkylation sites (tertiary alicyclic amines) is 1. The fourth-order valence-electron chi connectivity index (χ4n) is 4.04. The molecule has 1 aliphatic heterocycles. The number of carbonyl (C=O) groups excluding carboxylic acids is 1. The van der Waals surface area contributed by atoms with Crippen molar-refractivity contribution >= 4 is 17.7 Å². The maximum absolute atomic E-state index is 13.0. The quantitative estimate of drug-likeness (QED) is 0.564. The van der Waals surface area contributed by atoms with Crippen LogP contribution in [-0.2, 0) is 11.2 Å². The predicted octanol–water partition coefficient (Wildman–Crippen LogP) is 3.13. The van der Waals surface area contributed by atoms with Crippen LogP contribution in [0.2, 0.25) is 0 Å². The number of hydrogen-bond donors (Lipinski definition) is 0. The number of carbonyl (C=O) groups is 1. The first-order valence-corrected chi connectivity index (χ1v) is 11.6. The van der Waals surface area contributed by atoms with E-state index in [1.165, 1.54) is 23.7 Å². The number of thioether (sulfide) groups is 1. The molecule has 0 spiro atoms. The van der Waals surface area contributed by atoms with Gasteiger partial charge >= 0.3 is 0 Å². The van der Waals surface area contributed by atoms with Crippen molar-refractivity contribution < 1.29 is 14.3 Å². The van der Waals surface area contributed by atoms with E-state index in [4.69, 9.17) is 9.47 Å². The third kappa shape index (κ3) is 4.88. The molecule has 2 heterocycles. The molecule has 2 aliphatic rings. The van der Waals surface area contributed by atoms with E-state index in [2.05, 4.69) is 26.5 Å². The van der Waals surface area contributed by atoms with Crippen LogP contribution in [0.4, 0.5) is 0 Å². The number of nitrogens with zero attached hydrogens (tertiary/aromatic N) is 5. The van der Waals surface area contributed by atoms with Crippen molar-refractivity contribution in [2.45, 2.75) is 62.2 Å². The van der Waals surface area contributed by atoms with Crippen LogP contribution in [-0.4, -0.2) is 63.6 Å². The van der Waals surface area contributed by atoms with Gasteiger partial charge < -0.3 is 14.4 Å². The normalized spacial score (nSPS) is 19.0. The van der Waals surface area contributed by atoms with E-state index < -0.39 is 0 Å². The van der Waals surface area contributed by atoms with E-state index in [1.807, 2.05) is 16.8 Å². The van der Waals surface area contributed by atoms with E-state index in [0.29, 0.717) is 11.8 Å². The Bertz CT molecular complexity index is 870.